The van der Waals surface area contributed by atoms with Gasteiger partial charge in [0, 0.05) is 11.6 Å². The van der Waals surface area contributed by atoms with Gasteiger partial charge in [0.1, 0.15) is 17.2 Å². The van der Waals surface area contributed by atoms with Gasteiger partial charge in [-0.2, -0.15) is 0 Å². The highest BCUT2D eigenvalue weighted by molar-refractivity contribution is 5.94. The molecule has 1 aromatic carbocycles. The molecule has 0 aliphatic rings. The molecule has 0 bridgehead atoms. The van der Waals surface area contributed by atoms with E-state index in [0.717, 1.165) is 5.76 Å². The highest BCUT2D eigenvalue weighted by Crippen LogP contribution is 2.12. The average molecular weight is 324 g/mol. The minimum absolute atomic E-state index is 0.193. The number of furan rings is 1. The molecule has 6 nitrogen and oxygen atoms in total. The Labute approximate surface area is 138 Å². The van der Waals surface area contributed by atoms with E-state index in [4.69, 9.17) is 13.7 Å². The largest absolute Gasteiger partial charge is 0.497 e. The first kappa shape index (κ1) is 15.6. The smallest absolute Gasteiger partial charge is 0.251 e. The van der Waals surface area contributed by atoms with E-state index in [-0.39, 0.29) is 12.5 Å². The Morgan fingerprint density at radius 2 is 2.08 bits per heavy atom. The highest BCUT2D eigenvalue weighted by Gasteiger charge is 2.08. The van der Waals surface area contributed by atoms with Crippen molar-refractivity contribution >= 4 is 18.1 Å². The minimum Gasteiger partial charge on any atom is -0.497 e. The van der Waals surface area contributed by atoms with E-state index in [0.29, 0.717) is 22.8 Å². The number of amides is 1. The monoisotopic (exact) mass is 324 g/mol. The van der Waals surface area contributed by atoms with Gasteiger partial charge in [0.15, 0.2) is 5.76 Å². The lowest BCUT2D eigenvalue weighted by atomic mass is 10.2. The van der Waals surface area contributed by atoms with E-state index >= 15 is 0 Å². The van der Waals surface area contributed by atoms with Crippen LogP contribution < -0.4 is 10.1 Å². The molecule has 0 saturated carbocycles. The topological polar surface area (TPSA) is 77.5 Å². The molecule has 0 saturated heterocycles. The molecule has 6 heteroatoms. The summed E-state index contributed by atoms with van der Waals surface area (Å²) in [5.74, 6) is 1.81. The van der Waals surface area contributed by atoms with E-state index in [1.54, 1.807) is 55.9 Å². The standard InChI is InChI=1S/C18H16N2O4/c1-22-15-7-4-13(5-8-15)18(21)19-12-17-11-14(20-24-17)6-9-16-3-2-10-23-16/h2-11H,12H2,1H3,(H,19,21). The summed E-state index contributed by atoms with van der Waals surface area (Å²) in [5.41, 5.74) is 1.20. The Morgan fingerprint density at radius 3 is 2.79 bits per heavy atom. The van der Waals surface area contributed by atoms with Crippen molar-refractivity contribution in [3.05, 3.63) is 71.5 Å². The molecule has 0 spiro atoms. The summed E-state index contributed by atoms with van der Waals surface area (Å²) < 4.78 is 15.4. The van der Waals surface area contributed by atoms with Crippen LogP contribution >= 0.6 is 0 Å². The minimum atomic E-state index is -0.193. The Bertz CT molecular complexity index is 817. The van der Waals surface area contributed by atoms with Gasteiger partial charge in [-0.15, -0.1) is 0 Å². The molecule has 122 valence electrons. The molecule has 2 heterocycles. The Hall–Kier alpha value is -3.28. The Morgan fingerprint density at radius 1 is 1.25 bits per heavy atom. The van der Waals surface area contributed by atoms with Gasteiger partial charge in [-0.25, -0.2) is 0 Å². The van der Waals surface area contributed by atoms with Gasteiger partial charge < -0.3 is 19.0 Å². The Kier molecular flexibility index (Phi) is 4.76. The van der Waals surface area contributed by atoms with E-state index < -0.39 is 0 Å². The third-order valence-corrected chi connectivity index (χ3v) is 3.31. The van der Waals surface area contributed by atoms with E-state index in [1.807, 2.05) is 12.1 Å². The third kappa shape index (κ3) is 3.92. The highest BCUT2D eigenvalue weighted by atomic mass is 16.5. The van der Waals surface area contributed by atoms with Crippen molar-refractivity contribution in [2.45, 2.75) is 6.54 Å². The number of carbonyl (C=O) groups excluding carboxylic acids is 1. The third-order valence-electron chi connectivity index (χ3n) is 3.31. The van der Waals surface area contributed by atoms with E-state index in [1.165, 1.54) is 0 Å². The fourth-order valence-electron chi connectivity index (χ4n) is 2.06. The predicted molar refractivity (Wildman–Crippen MR) is 88.3 cm³/mol. The predicted octanol–water partition coefficient (Wildman–Crippen LogP) is 3.38. The SMILES string of the molecule is COc1ccc(C(=O)NCc2cc(C=Cc3ccco3)no2)cc1. The van der Waals surface area contributed by atoms with Gasteiger partial charge in [-0.05, 0) is 48.6 Å². The van der Waals surface area contributed by atoms with Crippen molar-refractivity contribution in [3.63, 3.8) is 0 Å². The number of benzene rings is 1. The molecule has 1 N–H and O–H groups in total. The molecule has 0 atom stereocenters. The summed E-state index contributed by atoms with van der Waals surface area (Å²) in [6.07, 6.45) is 5.16. The molecular formula is C18H16N2O4. The van der Waals surface area contributed by atoms with Crippen LogP contribution in [0.1, 0.15) is 27.6 Å². The summed E-state index contributed by atoms with van der Waals surface area (Å²) >= 11 is 0. The molecule has 0 unspecified atom stereocenters. The lowest BCUT2D eigenvalue weighted by Gasteiger charge is -2.04. The van der Waals surface area contributed by atoms with Gasteiger partial charge in [0.25, 0.3) is 5.91 Å². The number of aromatic nitrogens is 1. The molecule has 2 aromatic heterocycles. The fourth-order valence-corrected chi connectivity index (χ4v) is 2.06. The quantitative estimate of drug-likeness (QED) is 0.752. The second-order valence-corrected chi connectivity index (χ2v) is 4.98. The maximum Gasteiger partial charge on any atom is 0.251 e. The van der Waals surface area contributed by atoms with Crippen LogP contribution in [0.5, 0.6) is 5.75 Å². The summed E-state index contributed by atoms with van der Waals surface area (Å²) in [5, 5.41) is 6.70. The van der Waals surface area contributed by atoms with Crippen molar-refractivity contribution in [3.8, 4) is 5.75 Å². The zero-order valence-corrected chi connectivity index (χ0v) is 13.1. The number of ether oxygens (including phenoxy) is 1. The van der Waals surface area contributed by atoms with Gasteiger partial charge in [-0.3, -0.25) is 4.79 Å². The molecule has 3 rings (SSSR count). The number of carbonyl (C=O) groups is 1. The number of hydrogen-bond donors (Lipinski definition) is 1. The second kappa shape index (κ2) is 7.32. The van der Waals surface area contributed by atoms with E-state index in [9.17, 15) is 4.79 Å². The molecule has 0 fully saturated rings. The van der Waals surface area contributed by atoms with Gasteiger partial charge in [0.2, 0.25) is 0 Å². The van der Waals surface area contributed by atoms with Crippen LogP contribution in [-0.4, -0.2) is 18.2 Å². The molecule has 0 aliphatic carbocycles. The van der Waals surface area contributed by atoms with Crippen LogP contribution in [0.2, 0.25) is 0 Å². The number of nitrogens with one attached hydrogen (secondary N) is 1. The number of hydrogen-bond acceptors (Lipinski definition) is 5. The fraction of sp³-hybridized carbons (Fsp3) is 0.111. The van der Waals surface area contributed by atoms with Crippen LogP contribution in [0.15, 0.2) is 57.7 Å². The lowest BCUT2D eigenvalue weighted by molar-refractivity contribution is 0.0947. The second-order valence-electron chi connectivity index (χ2n) is 4.98. The molecule has 0 radical (unpaired) electrons. The van der Waals surface area contributed by atoms with Crippen molar-refractivity contribution < 1.29 is 18.5 Å². The number of methoxy groups -OCH3 is 1. The lowest BCUT2D eigenvalue weighted by Crippen LogP contribution is -2.22. The van der Waals surface area contributed by atoms with Crippen molar-refractivity contribution in [2.24, 2.45) is 0 Å². The van der Waals surface area contributed by atoms with Crippen LogP contribution in [0.25, 0.3) is 12.2 Å². The first-order valence-electron chi connectivity index (χ1n) is 7.34. The van der Waals surface area contributed by atoms with E-state index in [2.05, 4.69) is 10.5 Å². The molecule has 0 aliphatic heterocycles. The average Bonchev–Trinajstić information content (AvgIpc) is 3.29. The first-order valence-corrected chi connectivity index (χ1v) is 7.34. The maximum atomic E-state index is 12.1. The van der Waals surface area contributed by atoms with Crippen LogP contribution in [0.3, 0.4) is 0 Å². The van der Waals surface area contributed by atoms with Crippen molar-refractivity contribution in [1.82, 2.24) is 10.5 Å². The van der Waals surface area contributed by atoms with Crippen LogP contribution in [-0.2, 0) is 6.54 Å². The van der Waals surface area contributed by atoms with Gasteiger partial charge in [0.05, 0.1) is 19.9 Å². The summed E-state index contributed by atoms with van der Waals surface area (Å²) in [6, 6.07) is 12.3. The van der Waals surface area contributed by atoms with Crippen LogP contribution in [0.4, 0.5) is 0 Å². The first-order chi connectivity index (χ1) is 11.7. The molecule has 24 heavy (non-hydrogen) atoms. The van der Waals surface area contributed by atoms with Crippen molar-refractivity contribution in [2.75, 3.05) is 7.11 Å². The summed E-state index contributed by atoms with van der Waals surface area (Å²) in [7, 11) is 1.58. The molecular weight excluding hydrogens is 308 g/mol. The number of rotatable bonds is 6. The number of nitrogens with zero attached hydrogens (tertiary/aromatic N) is 1. The molecule has 1 amide bonds. The summed E-state index contributed by atoms with van der Waals surface area (Å²) in [4.78, 5) is 12.1. The van der Waals surface area contributed by atoms with Crippen molar-refractivity contribution in [1.29, 1.82) is 0 Å². The van der Waals surface area contributed by atoms with Gasteiger partial charge in [-0.1, -0.05) is 5.16 Å². The molecule has 3 aromatic rings. The summed E-state index contributed by atoms with van der Waals surface area (Å²) in [6.45, 7) is 0.256. The maximum absolute atomic E-state index is 12.1. The van der Waals surface area contributed by atoms with Crippen LogP contribution in [0, 0.1) is 0 Å². The zero-order chi connectivity index (χ0) is 16.8. The normalized spacial score (nSPS) is 10.9. The van der Waals surface area contributed by atoms with Gasteiger partial charge >= 0.3 is 0 Å². The Balaban J connectivity index is 1.55. The zero-order valence-electron chi connectivity index (χ0n) is 13.1.